The molecule has 0 saturated heterocycles. The van der Waals surface area contributed by atoms with E-state index in [1.807, 2.05) is 29.2 Å². The van der Waals surface area contributed by atoms with Crippen molar-refractivity contribution in [2.75, 3.05) is 25.1 Å². The molecule has 3 heterocycles. The minimum Gasteiger partial charge on any atom is -0.497 e. The summed E-state index contributed by atoms with van der Waals surface area (Å²) in [6.45, 7) is 9.73. The summed E-state index contributed by atoms with van der Waals surface area (Å²) < 4.78 is 9.54. The topological polar surface area (TPSA) is 61.0 Å². The molecule has 1 aromatic carbocycles. The molecule has 0 saturated carbocycles. The summed E-state index contributed by atoms with van der Waals surface area (Å²) in [6, 6.07) is 12.2. The number of rotatable bonds is 8. The van der Waals surface area contributed by atoms with E-state index in [1.54, 1.807) is 7.11 Å². The standard InChI is InChI=1S/C23H28N6O/c1-5-27(6-2)22-11-8-17(15-24-22)23-25-20-14-19(30-4)9-10-21(20)29(23)16-18-12-13-28(7-3)26-18/h8-15H,5-7,16H2,1-4H3. The monoisotopic (exact) mass is 404 g/mol. The predicted molar refractivity (Wildman–Crippen MR) is 120 cm³/mol. The van der Waals surface area contributed by atoms with Crippen LogP contribution in [0.4, 0.5) is 5.82 Å². The SMILES string of the molecule is CCN(CC)c1ccc(-c2nc3cc(OC)ccc3n2Cc2ccn(CC)n2)cn1. The van der Waals surface area contributed by atoms with E-state index in [0.29, 0.717) is 6.54 Å². The molecule has 0 aliphatic carbocycles. The molecule has 0 aliphatic heterocycles. The average Bonchev–Trinajstić information content (AvgIpc) is 3.39. The van der Waals surface area contributed by atoms with Gasteiger partial charge in [0.1, 0.15) is 17.4 Å². The minimum atomic E-state index is 0.642. The second-order valence-electron chi connectivity index (χ2n) is 7.12. The van der Waals surface area contributed by atoms with Crippen LogP contribution in [0.25, 0.3) is 22.4 Å². The first-order chi connectivity index (χ1) is 14.7. The van der Waals surface area contributed by atoms with Gasteiger partial charge in [0.15, 0.2) is 0 Å². The predicted octanol–water partition coefficient (Wildman–Crippen LogP) is 4.22. The first kappa shape index (κ1) is 19.9. The Morgan fingerprint density at radius 3 is 2.50 bits per heavy atom. The van der Waals surface area contributed by atoms with Crippen molar-refractivity contribution in [3.05, 3.63) is 54.5 Å². The van der Waals surface area contributed by atoms with Crippen molar-refractivity contribution in [1.82, 2.24) is 24.3 Å². The smallest absolute Gasteiger partial charge is 0.143 e. The minimum absolute atomic E-state index is 0.642. The van der Waals surface area contributed by atoms with Gasteiger partial charge in [0, 0.05) is 43.7 Å². The summed E-state index contributed by atoms with van der Waals surface area (Å²) in [4.78, 5) is 11.9. The molecule has 0 radical (unpaired) electrons. The second kappa shape index (κ2) is 8.57. The van der Waals surface area contributed by atoms with Gasteiger partial charge in [-0.25, -0.2) is 9.97 Å². The summed E-state index contributed by atoms with van der Waals surface area (Å²) in [5, 5.41) is 4.66. The Kier molecular flexibility index (Phi) is 5.70. The van der Waals surface area contributed by atoms with Crippen molar-refractivity contribution in [3.63, 3.8) is 0 Å². The van der Waals surface area contributed by atoms with E-state index in [1.165, 1.54) is 0 Å². The molecule has 30 heavy (non-hydrogen) atoms. The van der Waals surface area contributed by atoms with Gasteiger partial charge in [0.2, 0.25) is 0 Å². The Labute approximate surface area is 176 Å². The number of nitrogens with zero attached hydrogens (tertiary/aromatic N) is 6. The summed E-state index contributed by atoms with van der Waals surface area (Å²) in [5.74, 6) is 2.65. The molecule has 0 bridgehead atoms. The van der Waals surface area contributed by atoms with Gasteiger partial charge in [-0.2, -0.15) is 5.10 Å². The number of pyridine rings is 1. The van der Waals surface area contributed by atoms with Crippen molar-refractivity contribution in [1.29, 1.82) is 0 Å². The Hall–Kier alpha value is -3.35. The van der Waals surface area contributed by atoms with Gasteiger partial charge < -0.3 is 14.2 Å². The molecule has 7 nitrogen and oxygen atoms in total. The molecule has 4 rings (SSSR count). The second-order valence-corrected chi connectivity index (χ2v) is 7.12. The van der Waals surface area contributed by atoms with Gasteiger partial charge in [0.05, 0.1) is 30.4 Å². The quantitative estimate of drug-likeness (QED) is 0.440. The number of benzene rings is 1. The molecule has 156 valence electrons. The molecule has 0 unspecified atom stereocenters. The van der Waals surface area contributed by atoms with Crippen LogP contribution in [-0.2, 0) is 13.1 Å². The highest BCUT2D eigenvalue weighted by Gasteiger charge is 2.16. The number of aromatic nitrogens is 5. The maximum atomic E-state index is 5.40. The lowest BCUT2D eigenvalue weighted by molar-refractivity contribution is 0.415. The van der Waals surface area contributed by atoms with Crippen molar-refractivity contribution >= 4 is 16.9 Å². The highest BCUT2D eigenvalue weighted by atomic mass is 16.5. The Morgan fingerprint density at radius 2 is 1.87 bits per heavy atom. The summed E-state index contributed by atoms with van der Waals surface area (Å²) in [5.41, 5.74) is 3.92. The van der Waals surface area contributed by atoms with Crippen LogP contribution in [0.1, 0.15) is 26.5 Å². The molecule has 0 spiro atoms. The maximum absolute atomic E-state index is 5.40. The zero-order valence-electron chi connectivity index (χ0n) is 18.0. The summed E-state index contributed by atoms with van der Waals surface area (Å²) >= 11 is 0. The summed E-state index contributed by atoms with van der Waals surface area (Å²) in [6.07, 6.45) is 3.92. The molecule has 0 fully saturated rings. The van der Waals surface area contributed by atoms with Gasteiger partial charge in [0.25, 0.3) is 0 Å². The molecular weight excluding hydrogens is 376 g/mol. The van der Waals surface area contributed by atoms with E-state index in [4.69, 9.17) is 14.7 Å². The Bertz CT molecular complexity index is 1120. The number of imidazole rings is 1. The highest BCUT2D eigenvalue weighted by molar-refractivity contribution is 5.82. The van der Waals surface area contributed by atoms with Gasteiger partial charge in [-0.15, -0.1) is 0 Å². The maximum Gasteiger partial charge on any atom is 0.143 e. The van der Waals surface area contributed by atoms with Crippen LogP contribution in [0.2, 0.25) is 0 Å². The largest absolute Gasteiger partial charge is 0.497 e. The van der Waals surface area contributed by atoms with Crippen molar-refractivity contribution in [2.45, 2.75) is 33.9 Å². The van der Waals surface area contributed by atoms with E-state index in [-0.39, 0.29) is 0 Å². The lowest BCUT2D eigenvalue weighted by Gasteiger charge is -2.19. The number of aryl methyl sites for hydroxylation is 1. The molecule has 0 N–H and O–H groups in total. The lowest BCUT2D eigenvalue weighted by Crippen LogP contribution is -2.22. The molecule has 0 aliphatic rings. The van der Waals surface area contributed by atoms with E-state index < -0.39 is 0 Å². The van der Waals surface area contributed by atoms with Crippen LogP contribution in [-0.4, -0.2) is 44.5 Å². The third-order valence-electron chi connectivity index (χ3n) is 5.39. The van der Waals surface area contributed by atoms with E-state index in [0.717, 1.165) is 59.3 Å². The number of fused-ring (bicyclic) bond motifs is 1. The molecule has 0 amide bonds. The van der Waals surface area contributed by atoms with Crippen molar-refractivity contribution in [2.24, 2.45) is 0 Å². The first-order valence-electron chi connectivity index (χ1n) is 10.4. The van der Waals surface area contributed by atoms with Crippen LogP contribution in [0.15, 0.2) is 48.8 Å². The van der Waals surface area contributed by atoms with Gasteiger partial charge >= 0.3 is 0 Å². The molecule has 7 heteroatoms. The van der Waals surface area contributed by atoms with E-state index >= 15 is 0 Å². The highest BCUT2D eigenvalue weighted by Crippen LogP contribution is 2.28. The Morgan fingerprint density at radius 1 is 1.03 bits per heavy atom. The summed E-state index contributed by atoms with van der Waals surface area (Å²) in [7, 11) is 1.67. The molecule has 3 aromatic heterocycles. The zero-order chi connectivity index (χ0) is 21.1. The number of methoxy groups -OCH3 is 1. The molecule has 4 aromatic rings. The molecule has 0 atom stereocenters. The lowest BCUT2D eigenvalue weighted by atomic mass is 10.2. The van der Waals surface area contributed by atoms with Crippen LogP contribution >= 0.6 is 0 Å². The number of hydrogen-bond acceptors (Lipinski definition) is 5. The Balaban J connectivity index is 1.79. The van der Waals surface area contributed by atoms with Crippen molar-refractivity contribution < 1.29 is 4.74 Å². The van der Waals surface area contributed by atoms with Crippen LogP contribution in [0, 0.1) is 0 Å². The number of hydrogen-bond donors (Lipinski definition) is 0. The van der Waals surface area contributed by atoms with Gasteiger partial charge in [-0.05, 0) is 51.1 Å². The van der Waals surface area contributed by atoms with Crippen LogP contribution in [0.5, 0.6) is 5.75 Å². The zero-order valence-corrected chi connectivity index (χ0v) is 18.0. The van der Waals surface area contributed by atoms with E-state index in [9.17, 15) is 0 Å². The first-order valence-corrected chi connectivity index (χ1v) is 10.4. The average molecular weight is 405 g/mol. The van der Waals surface area contributed by atoms with Crippen LogP contribution < -0.4 is 9.64 Å². The normalized spacial score (nSPS) is 11.2. The number of anilines is 1. The third kappa shape index (κ3) is 3.75. The third-order valence-corrected chi connectivity index (χ3v) is 5.39. The fraction of sp³-hybridized carbons (Fsp3) is 0.348. The van der Waals surface area contributed by atoms with Crippen LogP contribution in [0.3, 0.4) is 0 Å². The van der Waals surface area contributed by atoms with Crippen molar-refractivity contribution in [3.8, 4) is 17.1 Å². The molecular formula is C23H28N6O. The fourth-order valence-corrected chi connectivity index (χ4v) is 3.70. The fourth-order valence-electron chi connectivity index (χ4n) is 3.70. The van der Waals surface area contributed by atoms with E-state index in [2.05, 4.69) is 59.6 Å². The number of ether oxygens (including phenoxy) is 1. The van der Waals surface area contributed by atoms with Gasteiger partial charge in [-0.3, -0.25) is 4.68 Å². The van der Waals surface area contributed by atoms with Gasteiger partial charge in [-0.1, -0.05) is 0 Å².